The Morgan fingerprint density at radius 1 is 1.38 bits per heavy atom. The van der Waals surface area contributed by atoms with Crippen molar-refractivity contribution in [2.24, 2.45) is 0 Å². The van der Waals surface area contributed by atoms with Crippen molar-refractivity contribution in [3.63, 3.8) is 0 Å². The lowest BCUT2D eigenvalue weighted by Gasteiger charge is -2.12. The summed E-state index contributed by atoms with van der Waals surface area (Å²) in [6.45, 7) is 1.83. The molecule has 0 aliphatic carbocycles. The molecule has 0 saturated heterocycles. The number of amides is 1. The first-order chi connectivity index (χ1) is 10.1. The van der Waals surface area contributed by atoms with Crippen LogP contribution in [-0.4, -0.2) is 23.3 Å². The van der Waals surface area contributed by atoms with Crippen LogP contribution in [0, 0.1) is 0 Å². The number of nitrogens with zero attached hydrogens (tertiary/aromatic N) is 1. The summed E-state index contributed by atoms with van der Waals surface area (Å²) in [4.78, 5) is 16.3. The molecule has 2 aromatic rings. The second-order valence-corrected chi connectivity index (χ2v) is 6.03. The van der Waals surface area contributed by atoms with Gasteiger partial charge in [0, 0.05) is 11.9 Å². The lowest BCUT2D eigenvalue weighted by atomic mass is 10.3. The van der Waals surface area contributed by atoms with Crippen molar-refractivity contribution in [3.8, 4) is 5.75 Å². The Morgan fingerprint density at radius 3 is 2.81 bits per heavy atom. The van der Waals surface area contributed by atoms with E-state index in [-0.39, 0.29) is 11.2 Å². The maximum absolute atomic E-state index is 12.1. The number of rotatable bonds is 5. The first-order valence-electron chi connectivity index (χ1n) is 6.32. The second kappa shape index (κ2) is 7.33. The first-order valence-corrected chi connectivity index (χ1v) is 7.58. The summed E-state index contributed by atoms with van der Waals surface area (Å²) in [5.41, 5.74) is 0.638. The topological polar surface area (TPSA) is 51.2 Å². The zero-order chi connectivity index (χ0) is 15.2. The molecule has 1 N–H and O–H groups in total. The summed E-state index contributed by atoms with van der Waals surface area (Å²) in [6.07, 6.45) is 1.70. The van der Waals surface area contributed by atoms with Crippen molar-refractivity contribution in [2.75, 3.05) is 12.4 Å². The quantitative estimate of drug-likeness (QED) is 0.849. The molecule has 1 atom stereocenters. The lowest BCUT2D eigenvalue weighted by Crippen LogP contribution is -2.22. The Hall–Kier alpha value is -1.72. The molecule has 1 aromatic heterocycles. The van der Waals surface area contributed by atoms with Gasteiger partial charge in [0.05, 0.1) is 22.4 Å². The predicted octanol–water partition coefficient (Wildman–Crippen LogP) is 3.86. The van der Waals surface area contributed by atoms with E-state index in [0.717, 1.165) is 5.03 Å². The number of aromatic nitrogens is 1. The third kappa shape index (κ3) is 4.37. The molecular weight excluding hydrogens is 308 g/mol. The molecule has 0 bridgehead atoms. The van der Waals surface area contributed by atoms with Crippen LogP contribution in [0.25, 0.3) is 0 Å². The van der Waals surface area contributed by atoms with E-state index < -0.39 is 0 Å². The van der Waals surface area contributed by atoms with Crippen molar-refractivity contribution in [2.45, 2.75) is 17.2 Å². The van der Waals surface area contributed by atoms with Gasteiger partial charge in [-0.3, -0.25) is 4.79 Å². The Labute approximate surface area is 132 Å². The van der Waals surface area contributed by atoms with Crippen molar-refractivity contribution < 1.29 is 9.53 Å². The van der Waals surface area contributed by atoms with Gasteiger partial charge in [-0.05, 0) is 37.3 Å². The monoisotopic (exact) mass is 322 g/mol. The van der Waals surface area contributed by atoms with E-state index in [1.165, 1.54) is 11.8 Å². The highest BCUT2D eigenvalue weighted by atomic mass is 35.5. The number of ether oxygens (including phenoxy) is 1. The van der Waals surface area contributed by atoms with Crippen LogP contribution in [0.15, 0.2) is 47.6 Å². The second-order valence-electron chi connectivity index (χ2n) is 4.27. The summed E-state index contributed by atoms with van der Waals surface area (Å²) in [7, 11) is 1.55. The number of carbonyl (C=O) groups is 1. The Bertz CT molecular complexity index is 622. The van der Waals surface area contributed by atoms with E-state index in [1.54, 1.807) is 31.5 Å². The fourth-order valence-corrected chi connectivity index (χ4v) is 2.70. The number of nitrogens with one attached hydrogen (secondary N) is 1. The van der Waals surface area contributed by atoms with Gasteiger partial charge in [0.2, 0.25) is 5.91 Å². The number of hydrogen-bond donors (Lipinski definition) is 1. The van der Waals surface area contributed by atoms with Crippen LogP contribution >= 0.6 is 23.4 Å². The maximum Gasteiger partial charge on any atom is 0.237 e. The third-order valence-corrected chi connectivity index (χ3v) is 4.07. The van der Waals surface area contributed by atoms with Crippen LogP contribution in [0.4, 0.5) is 5.69 Å². The van der Waals surface area contributed by atoms with Gasteiger partial charge in [-0.2, -0.15) is 0 Å². The SMILES string of the molecule is COc1ccc(NC(=O)C(C)Sc2ccccn2)cc1Cl. The van der Waals surface area contributed by atoms with Crippen LogP contribution in [-0.2, 0) is 4.79 Å². The molecule has 0 radical (unpaired) electrons. The molecule has 6 heteroatoms. The number of carbonyl (C=O) groups excluding carboxylic acids is 1. The van der Waals surface area contributed by atoms with Gasteiger partial charge < -0.3 is 10.1 Å². The highest BCUT2D eigenvalue weighted by Crippen LogP contribution is 2.28. The van der Waals surface area contributed by atoms with E-state index in [9.17, 15) is 4.79 Å². The minimum Gasteiger partial charge on any atom is -0.495 e. The molecule has 1 heterocycles. The average molecular weight is 323 g/mol. The van der Waals surface area contributed by atoms with Gasteiger partial charge in [-0.1, -0.05) is 29.4 Å². The Morgan fingerprint density at radius 2 is 2.19 bits per heavy atom. The molecule has 1 aromatic carbocycles. The van der Waals surface area contributed by atoms with E-state index >= 15 is 0 Å². The number of methoxy groups -OCH3 is 1. The van der Waals surface area contributed by atoms with Crippen molar-refractivity contribution in [3.05, 3.63) is 47.6 Å². The van der Waals surface area contributed by atoms with E-state index in [1.807, 2.05) is 25.1 Å². The predicted molar refractivity (Wildman–Crippen MR) is 86.2 cm³/mol. The highest BCUT2D eigenvalue weighted by molar-refractivity contribution is 8.00. The van der Waals surface area contributed by atoms with E-state index in [0.29, 0.717) is 16.5 Å². The Balaban J connectivity index is 1.99. The van der Waals surface area contributed by atoms with Gasteiger partial charge in [-0.15, -0.1) is 0 Å². The van der Waals surface area contributed by atoms with E-state index in [4.69, 9.17) is 16.3 Å². The zero-order valence-corrected chi connectivity index (χ0v) is 13.2. The molecule has 0 fully saturated rings. The molecule has 0 saturated carbocycles. The van der Waals surface area contributed by atoms with Crippen LogP contribution in [0.5, 0.6) is 5.75 Å². The number of benzene rings is 1. The van der Waals surface area contributed by atoms with Crippen molar-refractivity contribution >= 4 is 35.0 Å². The maximum atomic E-state index is 12.1. The van der Waals surface area contributed by atoms with E-state index in [2.05, 4.69) is 10.3 Å². The number of thioether (sulfide) groups is 1. The van der Waals surface area contributed by atoms with Crippen molar-refractivity contribution in [1.29, 1.82) is 0 Å². The van der Waals surface area contributed by atoms with Gasteiger partial charge >= 0.3 is 0 Å². The molecule has 2 rings (SSSR count). The summed E-state index contributed by atoms with van der Waals surface area (Å²) < 4.78 is 5.07. The fraction of sp³-hybridized carbons (Fsp3) is 0.200. The lowest BCUT2D eigenvalue weighted by molar-refractivity contribution is -0.115. The van der Waals surface area contributed by atoms with Crippen LogP contribution in [0.3, 0.4) is 0 Å². The fourth-order valence-electron chi connectivity index (χ4n) is 1.64. The van der Waals surface area contributed by atoms with Gasteiger partial charge in [0.25, 0.3) is 0 Å². The smallest absolute Gasteiger partial charge is 0.237 e. The highest BCUT2D eigenvalue weighted by Gasteiger charge is 2.15. The summed E-state index contributed by atoms with van der Waals surface area (Å²) in [5.74, 6) is 0.470. The molecule has 0 aliphatic rings. The average Bonchev–Trinajstić information content (AvgIpc) is 2.48. The Kier molecular flexibility index (Phi) is 5.47. The number of anilines is 1. The standard InChI is InChI=1S/C15H15ClN2O2S/c1-10(21-14-5-3-4-8-17-14)15(19)18-11-6-7-13(20-2)12(16)9-11/h3-10H,1-2H3,(H,18,19). The molecule has 110 valence electrons. The zero-order valence-electron chi connectivity index (χ0n) is 11.7. The minimum absolute atomic E-state index is 0.105. The summed E-state index contributed by atoms with van der Waals surface area (Å²) >= 11 is 7.43. The number of hydrogen-bond acceptors (Lipinski definition) is 4. The van der Waals surface area contributed by atoms with Gasteiger partial charge in [-0.25, -0.2) is 4.98 Å². The molecule has 0 spiro atoms. The van der Waals surface area contributed by atoms with Crippen molar-refractivity contribution in [1.82, 2.24) is 4.98 Å². The molecular formula is C15H15ClN2O2S. The minimum atomic E-state index is -0.263. The molecule has 1 unspecified atom stereocenters. The molecule has 4 nitrogen and oxygen atoms in total. The first kappa shape index (κ1) is 15.7. The molecule has 21 heavy (non-hydrogen) atoms. The molecule has 0 aliphatic heterocycles. The summed E-state index contributed by atoms with van der Waals surface area (Å²) in [6, 6.07) is 10.7. The summed E-state index contributed by atoms with van der Waals surface area (Å²) in [5, 5.41) is 3.83. The third-order valence-electron chi connectivity index (χ3n) is 2.72. The van der Waals surface area contributed by atoms with Crippen LogP contribution in [0.1, 0.15) is 6.92 Å². The van der Waals surface area contributed by atoms with Crippen LogP contribution in [0.2, 0.25) is 5.02 Å². The number of pyridine rings is 1. The van der Waals surface area contributed by atoms with Crippen LogP contribution < -0.4 is 10.1 Å². The number of halogens is 1. The van der Waals surface area contributed by atoms with Gasteiger partial charge in [0.15, 0.2) is 0 Å². The normalized spacial score (nSPS) is 11.8. The molecule has 1 amide bonds. The largest absolute Gasteiger partial charge is 0.495 e. The van der Waals surface area contributed by atoms with Gasteiger partial charge in [0.1, 0.15) is 5.75 Å².